The van der Waals surface area contributed by atoms with Crippen LogP contribution >= 0.6 is 46.4 Å². The third kappa shape index (κ3) is 22.4. The van der Waals surface area contributed by atoms with Crippen molar-refractivity contribution in [3.63, 3.8) is 0 Å². The van der Waals surface area contributed by atoms with Crippen molar-refractivity contribution in [3.05, 3.63) is 184 Å². The summed E-state index contributed by atoms with van der Waals surface area (Å²) in [6.45, 7) is -0.572. The van der Waals surface area contributed by atoms with Crippen LogP contribution in [0.1, 0.15) is 60.4 Å². The number of carbonyl (C=O) groups is 2. The van der Waals surface area contributed by atoms with Gasteiger partial charge in [-0.1, -0.05) is 186 Å². The minimum atomic E-state index is -2.08. The fourth-order valence-electron chi connectivity index (χ4n) is 10.6. The van der Waals surface area contributed by atoms with Gasteiger partial charge in [-0.3, -0.25) is 4.79 Å². The largest absolute Gasteiger partial charge is 0.497 e. The normalized spacial score (nSPS) is 26.7. The molecule has 3 aliphatic rings. The van der Waals surface area contributed by atoms with Gasteiger partial charge in [-0.25, -0.2) is 4.79 Å². The van der Waals surface area contributed by atoms with Crippen LogP contribution in [0.5, 0.6) is 5.75 Å². The summed E-state index contributed by atoms with van der Waals surface area (Å²) in [6.07, 6.45) is -16.3. The molecule has 3 aliphatic heterocycles. The lowest BCUT2D eigenvalue weighted by atomic mass is 9.93. The van der Waals surface area contributed by atoms with Gasteiger partial charge in [-0.15, -0.1) is 11.6 Å². The van der Waals surface area contributed by atoms with E-state index in [1.54, 1.807) is 31.4 Å². The maximum atomic E-state index is 14.3. The number of rotatable bonds is 34. The second-order valence-corrected chi connectivity index (χ2v) is 24.6. The monoisotopic (exact) mass is 1340 g/mol. The topological polar surface area (TPSA) is 265 Å². The van der Waals surface area contributed by atoms with Gasteiger partial charge in [0.1, 0.15) is 79.4 Å². The molecule has 3 saturated heterocycles. The highest BCUT2D eigenvalue weighted by molar-refractivity contribution is 6.67. The molecule has 0 aromatic heterocycles. The average molecular weight is 1350 g/mol. The van der Waals surface area contributed by atoms with E-state index in [0.29, 0.717) is 23.6 Å². The van der Waals surface area contributed by atoms with Gasteiger partial charge in [-0.2, -0.15) is 0 Å². The second kappa shape index (κ2) is 37.5. The zero-order valence-corrected chi connectivity index (χ0v) is 53.4. The first-order valence-corrected chi connectivity index (χ1v) is 31.6. The van der Waals surface area contributed by atoms with Crippen molar-refractivity contribution in [1.29, 1.82) is 0 Å². The van der Waals surface area contributed by atoms with Gasteiger partial charge in [0.05, 0.1) is 60.0 Å². The fraction of sp³-hybridized carbons (Fsp3) is 0.508. The molecule has 15 atom stereocenters. The van der Waals surface area contributed by atoms with Gasteiger partial charge in [-0.05, 0) is 58.3 Å². The first kappa shape index (κ1) is 71.4. The molecule has 0 unspecified atom stereocenters. The number of halogens is 4. The van der Waals surface area contributed by atoms with Crippen LogP contribution in [0.2, 0.25) is 0 Å². The number of hydrogen-bond donors (Lipinski definition) is 3. The zero-order chi connectivity index (χ0) is 64.4. The summed E-state index contributed by atoms with van der Waals surface area (Å²) in [5.74, 6) is 0.265. The lowest BCUT2D eigenvalue weighted by molar-refractivity contribution is -0.369. The number of aliphatic hydroxyl groups is 2. The fourth-order valence-corrected chi connectivity index (χ4v) is 10.9. The van der Waals surface area contributed by atoms with Gasteiger partial charge in [0, 0.05) is 24.3 Å². The standard InChI is InChI=1S/C65H78Cl4N4O18/c1-42(75)86-58-52(71-64(77)85-41-65(67,68)69)62(90-55-50(39-79-34-43-19-9-5-10-20-43)88-61(81-32-18-4-3-17-31-66)53(72-73-70)57(55)82-36-45-23-13-7-14-24-45)89-51(40-80-35-44-21-11-6-12-22-44)56(58)91-63-60(84-37-46-25-15-8-16-26-46)59(54(76)49(33-74)87-63)83-38-47-27-29-48(78-2)30-28-47/h5-16,19-30,49-63,74,76H,3-4,17-18,31-41H2,1-2H3,(H,71,77)/t49-,50-,51-,52-,53-,54-,55-,56-,57-,58-,59+,60+,61-,62+,63+/m1/s1. The molecule has 0 spiro atoms. The van der Waals surface area contributed by atoms with Crippen LogP contribution in [-0.4, -0.2) is 164 Å². The van der Waals surface area contributed by atoms with E-state index in [-0.39, 0.29) is 52.9 Å². The van der Waals surface area contributed by atoms with Crippen LogP contribution in [0.25, 0.3) is 10.4 Å². The first-order chi connectivity index (χ1) is 44.2. The summed E-state index contributed by atoms with van der Waals surface area (Å²) in [6, 6.07) is 41.4. The number of unbranched alkanes of at least 4 members (excludes halogenated alkanes) is 3. The third-order valence-electron chi connectivity index (χ3n) is 15.0. The number of alkyl halides is 4. The molecule has 8 rings (SSSR count). The molecule has 91 heavy (non-hydrogen) atoms. The Morgan fingerprint density at radius 1 is 0.593 bits per heavy atom. The van der Waals surface area contributed by atoms with Gasteiger partial charge in [0.15, 0.2) is 25.0 Å². The quantitative estimate of drug-likeness (QED) is 0.00863. The van der Waals surface area contributed by atoms with E-state index in [9.17, 15) is 25.3 Å². The Hall–Kier alpha value is -5.41. The number of nitrogens with one attached hydrogen (secondary N) is 1. The number of alkyl carbamates (subject to hydrolysis) is 1. The van der Waals surface area contributed by atoms with E-state index in [0.717, 1.165) is 48.4 Å². The van der Waals surface area contributed by atoms with E-state index >= 15 is 0 Å². The van der Waals surface area contributed by atoms with Gasteiger partial charge >= 0.3 is 12.1 Å². The molecule has 26 heteroatoms. The Morgan fingerprint density at radius 2 is 1.08 bits per heavy atom. The highest BCUT2D eigenvalue weighted by atomic mass is 35.6. The van der Waals surface area contributed by atoms with Crippen molar-refractivity contribution in [1.82, 2.24) is 5.32 Å². The number of amides is 1. The summed E-state index contributed by atoms with van der Waals surface area (Å²) < 4.78 is 89.0. The molecular formula is C65H78Cl4N4O18. The van der Waals surface area contributed by atoms with Crippen molar-refractivity contribution in [2.75, 3.05) is 46.0 Å². The SMILES string of the molecule is COc1ccc(CO[C@H]2[C@H](O)[C@@H](CO)O[C@@H](O[C@H]3[C@H](OC(C)=O)[C@@H](NC(=O)OCC(Cl)(Cl)Cl)[C@H](O[C@H]4[C@H](OCc5ccccc5)[C@@H](N=[N+]=[N-])[C@H](OCCCCCCCl)O[C@@H]4COCc4ccccc4)O[C@@H]3COCc3ccccc3)[C@H]2OCc2ccccc2)cc1. The molecule has 0 bridgehead atoms. The Balaban J connectivity index is 1.23. The van der Waals surface area contributed by atoms with Crippen LogP contribution in [0.4, 0.5) is 4.79 Å². The molecular weight excluding hydrogens is 1270 g/mol. The van der Waals surface area contributed by atoms with Crippen molar-refractivity contribution < 1.29 is 86.1 Å². The van der Waals surface area contributed by atoms with Crippen molar-refractivity contribution >= 4 is 58.5 Å². The average Bonchev–Trinajstić information content (AvgIpc) is 0.783. The Labute approximate surface area is 549 Å². The van der Waals surface area contributed by atoms with E-state index in [2.05, 4.69) is 15.3 Å². The van der Waals surface area contributed by atoms with Crippen LogP contribution < -0.4 is 10.1 Å². The molecule has 0 saturated carbocycles. The van der Waals surface area contributed by atoms with Crippen molar-refractivity contribution in [2.45, 2.75) is 161 Å². The Bertz CT molecular complexity index is 2950. The summed E-state index contributed by atoms with van der Waals surface area (Å²) in [5, 5.41) is 29.9. The lowest BCUT2D eigenvalue weighted by Crippen LogP contribution is -2.70. The molecule has 494 valence electrons. The first-order valence-electron chi connectivity index (χ1n) is 30.0. The van der Waals surface area contributed by atoms with E-state index in [4.69, 9.17) is 113 Å². The number of nitrogens with zero attached hydrogens (tertiary/aromatic N) is 3. The molecule has 3 heterocycles. The molecule has 0 aliphatic carbocycles. The van der Waals surface area contributed by atoms with Crippen molar-refractivity contribution in [2.24, 2.45) is 5.11 Å². The molecule has 1 amide bonds. The van der Waals surface area contributed by atoms with E-state index in [1.165, 1.54) is 0 Å². The third-order valence-corrected chi connectivity index (χ3v) is 15.6. The summed E-state index contributed by atoms with van der Waals surface area (Å²) in [5.41, 5.74) is 14.1. The smallest absolute Gasteiger partial charge is 0.407 e. The highest BCUT2D eigenvalue weighted by Crippen LogP contribution is 2.38. The molecule has 5 aromatic carbocycles. The van der Waals surface area contributed by atoms with Crippen LogP contribution in [0, 0.1) is 0 Å². The Kier molecular flexibility index (Phi) is 29.4. The van der Waals surface area contributed by atoms with Crippen LogP contribution in [0.3, 0.4) is 0 Å². The number of azide groups is 1. The maximum absolute atomic E-state index is 14.3. The van der Waals surface area contributed by atoms with E-state index < -0.39 is 121 Å². The second-order valence-electron chi connectivity index (χ2n) is 21.8. The lowest BCUT2D eigenvalue weighted by Gasteiger charge is -2.51. The van der Waals surface area contributed by atoms with Crippen molar-refractivity contribution in [3.8, 4) is 5.75 Å². The minimum Gasteiger partial charge on any atom is -0.497 e. The number of hydrogen-bond acceptors (Lipinski definition) is 19. The summed E-state index contributed by atoms with van der Waals surface area (Å²) in [4.78, 5) is 31.4. The maximum Gasteiger partial charge on any atom is 0.407 e. The summed E-state index contributed by atoms with van der Waals surface area (Å²) >= 11 is 24.3. The van der Waals surface area contributed by atoms with E-state index in [1.807, 2.05) is 121 Å². The zero-order valence-electron chi connectivity index (χ0n) is 50.4. The predicted molar refractivity (Wildman–Crippen MR) is 335 cm³/mol. The highest BCUT2D eigenvalue weighted by Gasteiger charge is 2.57. The Morgan fingerprint density at radius 3 is 1.59 bits per heavy atom. The van der Waals surface area contributed by atoms with Gasteiger partial charge in [0.25, 0.3) is 0 Å². The van der Waals surface area contributed by atoms with Crippen LogP contribution in [0.15, 0.2) is 151 Å². The molecule has 3 fully saturated rings. The molecule has 22 nitrogen and oxygen atoms in total. The molecule has 5 aromatic rings. The van der Waals surface area contributed by atoms with Gasteiger partial charge < -0.3 is 81.8 Å². The number of esters is 1. The minimum absolute atomic E-state index is 0.0344. The molecule has 0 radical (unpaired) electrons. The number of aliphatic hydroxyl groups excluding tert-OH is 2. The number of ether oxygens (including phenoxy) is 14. The predicted octanol–water partition coefficient (Wildman–Crippen LogP) is 10.4. The van der Waals surface area contributed by atoms with Gasteiger partial charge in [0.2, 0.25) is 3.79 Å². The van der Waals surface area contributed by atoms with Crippen LogP contribution in [-0.2, 0) is 99.4 Å². The number of benzene rings is 5. The number of carbonyl (C=O) groups excluding carboxylic acids is 2. The summed E-state index contributed by atoms with van der Waals surface area (Å²) in [7, 11) is 1.55. The number of methoxy groups -OCH3 is 1. The molecule has 3 N–H and O–H groups in total.